The van der Waals surface area contributed by atoms with Crippen molar-refractivity contribution in [2.24, 2.45) is 0 Å². The molecule has 0 unspecified atom stereocenters. The van der Waals surface area contributed by atoms with Crippen molar-refractivity contribution in [1.82, 2.24) is 4.90 Å². The van der Waals surface area contributed by atoms with Crippen LogP contribution in [0.25, 0.3) is 5.57 Å². The summed E-state index contributed by atoms with van der Waals surface area (Å²) in [4.78, 5) is 24.1. The average molecular weight is 313 g/mol. The Morgan fingerprint density at radius 1 is 1.09 bits per heavy atom. The van der Waals surface area contributed by atoms with E-state index in [1.54, 1.807) is 24.1 Å². The van der Waals surface area contributed by atoms with Crippen LogP contribution in [0.1, 0.15) is 29.8 Å². The molecule has 5 heteroatoms. The summed E-state index contributed by atoms with van der Waals surface area (Å²) in [6.45, 7) is 3.82. The molecular weight excluding hydrogens is 294 g/mol. The molecule has 0 amide bonds. The predicted octanol–water partition coefficient (Wildman–Crippen LogP) is 2.85. The molecule has 0 saturated carbocycles. The number of ether oxygens (including phenoxy) is 2. The molecular formula is C18H19NO4. The van der Waals surface area contributed by atoms with Crippen molar-refractivity contribution >= 4 is 17.8 Å². The molecule has 0 N–H and O–H groups in total. The zero-order valence-electron chi connectivity index (χ0n) is 13.9. The maximum atomic E-state index is 11.3. The first kappa shape index (κ1) is 16.6. The number of carbonyl (C=O) groups excluding carboxylic acids is 2. The molecule has 0 bridgehead atoms. The summed E-state index contributed by atoms with van der Waals surface area (Å²) in [6.07, 6.45) is 2.57. The number of aldehydes is 1. The second kappa shape index (κ2) is 6.55. The minimum Gasteiger partial charge on any atom is -0.496 e. The van der Waals surface area contributed by atoms with E-state index in [4.69, 9.17) is 9.47 Å². The predicted molar refractivity (Wildman–Crippen MR) is 88.3 cm³/mol. The number of hydrogen-bond donors (Lipinski definition) is 0. The molecule has 0 aliphatic carbocycles. The molecule has 0 radical (unpaired) electrons. The number of methoxy groups -OCH3 is 2. The Hall–Kier alpha value is -2.78. The van der Waals surface area contributed by atoms with E-state index in [2.05, 4.69) is 0 Å². The first-order valence-corrected chi connectivity index (χ1v) is 7.08. The topological polar surface area (TPSA) is 55.8 Å². The number of carbonyl (C=O) groups is 1. The van der Waals surface area contributed by atoms with Crippen molar-refractivity contribution in [3.63, 3.8) is 0 Å². The van der Waals surface area contributed by atoms with Gasteiger partial charge in [0.1, 0.15) is 17.2 Å². The van der Waals surface area contributed by atoms with Gasteiger partial charge in [0.2, 0.25) is 0 Å². The number of allylic oxidation sites excluding steroid dienone is 3. The Morgan fingerprint density at radius 3 is 2.09 bits per heavy atom. The van der Waals surface area contributed by atoms with Gasteiger partial charge in [-0.2, -0.15) is 0 Å². The molecule has 1 aliphatic heterocycles. The van der Waals surface area contributed by atoms with Gasteiger partial charge < -0.3 is 14.4 Å². The maximum absolute atomic E-state index is 11.3. The fraction of sp³-hybridized carbons (Fsp3) is 0.278. The Labute approximate surface area is 135 Å². The quantitative estimate of drug-likeness (QED) is 0.632. The highest BCUT2D eigenvalue weighted by Crippen LogP contribution is 2.38. The average Bonchev–Trinajstić information content (AvgIpc) is 2.57. The van der Waals surface area contributed by atoms with Crippen LogP contribution >= 0.6 is 0 Å². The van der Waals surface area contributed by atoms with Crippen LogP contribution in [0.15, 0.2) is 35.2 Å². The Bertz CT molecular complexity index is 742. The second-order valence-electron chi connectivity index (χ2n) is 5.27. The van der Waals surface area contributed by atoms with Gasteiger partial charge in [-0.25, -0.2) is 4.79 Å². The molecule has 1 heterocycles. The molecule has 2 rings (SSSR count). The third-order valence-corrected chi connectivity index (χ3v) is 4.07. The molecule has 5 nitrogen and oxygen atoms in total. The van der Waals surface area contributed by atoms with Crippen molar-refractivity contribution < 1.29 is 19.1 Å². The van der Waals surface area contributed by atoms with Gasteiger partial charge in [0.05, 0.1) is 19.8 Å². The van der Waals surface area contributed by atoms with Crippen LogP contribution in [0.3, 0.4) is 0 Å². The van der Waals surface area contributed by atoms with Crippen LogP contribution in [0.5, 0.6) is 11.5 Å². The summed E-state index contributed by atoms with van der Waals surface area (Å²) >= 11 is 0. The Morgan fingerprint density at radius 2 is 1.65 bits per heavy atom. The molecule has 1 aromatic rings. The van der Waals surface area contributed by atoms with E-state index in [9.17, 15) is 9.59 Å². The van der Waals surface area contributed by atoms with Gasteiger partial charge in [0.25, 0.3) is 0 Å². The summed E-state index contributed by atoms with van der Waals surface area (Å²) in [5.74, 6) is 2.85. The molecule has 0 fully saturated rings. The zero-order valence-corrected chi connectivity index (χ0v) is 13.9. The fourth-order valence-corrected chi connectivity index (χ4v) is 2.65. The molecule has 0 saturated heterocycles. The molecule has 120 valence electrons. The van der Waals surface area contributed by atoms with Gasteiger partial charge in [-0.3, -0.25) is 4.79 Å². The van der Waals surface area contributed by atoms with Crippen LogP contribution < -0.4 is 9.47 Å². The third kappa shape index (κ3) is 2.79. The van der Waals surface area contributed by atoms with E-state index >= 15 is 0 Å². The molecule has 0 aromatic heterocycles. The summed E-state index contributed by atoms with van der Waals surface area (Å²) in [6, 6.07) is 3.58. The third-order valence-electron chi connectivity index (χ3n) is 4.07. The monoisotopic (exact) mass is 313 g/mol. The number of benzene rings is 1. The maximum Gasteiger partial charge on any atom is 0.157 e. The van der Waals surface area contributed by atoms with E-state index in [1.165, 1.54) is 14.2 Å². The van der Waals surface area contributed by atoms with Crippen molar-refractivity contribution in [3.8, 4) is 11.5 Å². The van der Waals surface area contributed by atoms with Gasteiger partial charge in [-0.1, -0.05) is 0 Å². The van der Waals surface area contributed by atoms with Crippen molar-refractivity contribution in [2.45, 2.75) is 13.8 Å². The van der Waals surface area contributed by atoms with Gasteiger partial charge in [-0.15, -0.1) is 0 Å². The minimum atomic E-state index is 0.371. The largest absolute Gasteiger partial charge is 0.496 e. The lowest BCUT2D eigenvalue weighted by Crippen LogP contribution is -2.18. The smallest absolute Gasteiger partial charge is 0.157 e. The molecule has 23 heavy (non-hydrogen) atoms. The SMILES string of the molecule is COc1cc(C2=CN(C)C(=C=O)C(C)=C2C)cc(OC)c1C=O. The van der Waals surface area contributed by atoms with E-state index in [1.807, 2.05) is 26.0 Å². The number of likely N-dealkylation sites (N-methyl/N-ethyl adjacent to an activating group) is 1. The summed E-state index contributed by atoms with van der Waals surface area (Å²) in [5, 5.41) is 0. The zero-order chi connectivity index (χ0) is 17.1. The molecule has 0 atom stereocenters. The van der Waals surface area contributed by atoms with Crippen LogP contribution in [-0.2, 0) is 4.79 Å². The Balaban J connectivity index is 2.68. The van der Waals surface area contributed by atoms with Gasteiger partial charge >= 0.3 is 0 Å². The highest BCUT2D eigenvalue weighted by Gasteiger charge is 2.21. The van der Waals surface area contributed by atoms with Crippen LogP contribution in [0, 0.1) is 0 Å². The van der Waals surface area contributed by atoms with Crippen LogP contribution in [-0.4, -0.2) is 38.4 Å². The summed E-state index contributed by atoms with van der Waals surface area (Å²) in [5.41, 5.74) is 4.47. The van der Waals surface area contributed by atoms with Crippen molar-refractivity contribution in [1.29, 1.82) is 0 Å². The highest BCUT2D eigenvalue weighted by molar-refractivity contribution is 5.89. The normalized spacial score (nSPS) is 14.4. The van der Waals surface area contributed by atoms with Gasteiger partial charge in [0, 0.05) is 18.8 Å². The lowest BCUT2D eigenvalue weighted by atomic mass is 9.91. The van der Waals surface area contributed by atoms with Crippen LogP contribution in [0.4, 0.5) is 0 Å². The van der Waals surface area contributed by atoms with E-state index < -0.39 is 0 Å². The fourth-order valence-electron chi connectivity index (χ4n) is 2.65. The van der Waals surface area contributed by atoms with Gasteiger partial charge in [0.15, 0.2) is 12.2 Å². The van der Waals surface area contributed by atoms with E-state index in [0.717, 1.165) is 22.3 Å². The van der Waals surface area contributed by atoms with E-state index in [-0.39, 0.29) is 0 Å². The molecule has 0 spiro atoms. The number of rotatable bonds is 4. The first-order chi connectivity index (χ1) is 11.0. The minimum absolute atomic E-state index is 0.371. The Kier molecular flexibility index (Phi) is 4.72. The second-order valence-corrected chi connectivity index (χ2v) is 5.27. The number of nitrogens with zero attached hydrogens (tertiary/aromatic N) is 1. The number of hydrogen-bond acceptors (Lipinski definition) is 5. The van der Waals surface area contributed by atoms with Crippen LogP contribution in [0.2, 0.25) is 0 Å². The van der Waals surface area contributed by atoms with Crippen molar-refractivity contribution in [3.05, 3.63) is 46.3 Å². The lowest BCUT2D eigenvalue weighted by molar-refractivity contribution is 0.111. The summed E-state index contributed by atoms with van der Waals surface area (Å²) < 4.78 is 10.6. The van der Waals surface area contributed by atoms with Crippen molar-refractivity contribution in [2.75, 3.05) is 21.3 Å². The first-order valence-electron chi connectivity index (χ1n) is 7.08. The molecule has 1 aromatic carbocycles. The van der Waals surface area contributed by atoms with Gasteiger partial charge in [-0.05, 0) is 42.7 Å². The summed E-state index contributed by atoms with van der Waals surface area (Å²) in [7, 11) is 4.81. The lowest BCUT2D eigenvalue weighted by Gasteiger charge is -2.26. The molecule has 1 aliphatic rings. The highest BCUT2D eigenvalue weighted by atomic mass is 16.5. The van der Waals surface area contributed by atoms with E-state index in [0.29, 0.717) is 29.0 Å². The standard InChI is InChI=1S/C18H19NO4/c1-11-12(2)16(10-21)19(3)8-14(11)13-6-17(22-4)15(9-20)18(7-13)23-5/h6-9H,1-5H3.